The van der Waals surface area contributed by atoms with E-state index in [1.807, 2.05) is 30.0 Å². The summed E-state index contributed by atoms with van der Waals surface area (Å²) in [6.45, 7) is 8.25. The molecule has 0 bridgehead atoms. The van der Waals surface area contributed by atoms with Crippen molar-refractivity contribution in [1.29, 1.82) is 0 Å². The highest BCUT2D eigenvalue weighted by molar-refractivity contribution is 5.96. The van der Waals surface area contributed by atoms with Crippen molar-refractivity contribution in [2.24, 2.45) is 11.8 Å². The van der Waals surface area contributed by atoms with E-state index in [4.69, 9.17) is 5.73 Å². The quantitative estimate of drug-likeness (QED) is 0.861. The number of anilines is 1. The lowest BCUT2D eigenvalue weighted by Gasteiger charge is -2.34. The first-order valence-electron chi connectivity index (χ1n) is 7.62. The van der Waals surface area contributed by atoms with Crippen molar-refractivity contribution in [3.05, 3.63) is 29.3 Å². The van der Waals surface area contributed by atoms with Crippen molar-refractivity contribution in [2.75, 3.05) is 18.8 Å². The molecule has 0 saturated carbocycles. The Kier molecular flexibility index (Phi) is 6.53. The lowest BCUT2D eigenvalue weighted by Crippen LogP contribution is -2.40. The van der Waals surface area contributed by atoms with Crippen LogP contribution in [-0.4, -0.2) is 23.9 Å². The fraction of sp³-hybridized carbons (Fsp3) is 0.588. The van der Waals surface area contributed by atoms with Crippen LogP contribution in [0.5, 0.6) is 0 Å². The molecule has 1 atom stereocenters. The van der Waals surface area contributed by atoms with E-state index in [2.05, 4.69) is 13.8 Å². The molecule has 2 N–H and O–H groups in total. The van der Waals surface area contributed by atoms with Crippen LogP contribution in [0.4, 0.5) is 5.69 Å². The summed E-state index contributed by atoms with van der Waals surface area (Å²) in [5.74, 6) is 1.49. The first-order chi connectivity index (χ1) is 9.47. The molecule has 0 spiro atoms. The number of carbonyl (C=O) groups is 1. The molecule has 1 saturated heterocycles. The highest BCUT2D eigenvalue weighted by Gasteiger charge is 2.25. The molecule has 0 radical (unpaired) electrons. The van der Waals surface area contributed by atoms with Gasteiger partial charge in [0.25, 0.3) is 5.91 Å². The molecule has 1 fully saturated rings. The predicted molar refractivity (Wildman–Crippen MR) is 90.9 cm³/mol. The zero-order valence-corrected chi connectivity index (χ0v) is 14.1. The van der Waals surface area contributed by atoms with Gasteiger partial charge in [0.2, 0.25) is 0 Å². The minimum atomic E-state index is 0. The molecule has 3 nitrogen and oxygen atoms in total. The number of likely N-dealkylation sites (tertiary alicyclic amines) is 1. The number of aryl methyl sites for hydroxylation is 1. The van der Waals surface area contributed by atoms with Crippen LogP contribution < -0.4 is 5.73 Å². The Hall–Kier alpha value is -1.22. The molecule has 0 aliphatic carbocycles. The van der Waals surface area contributed by atoms with E-state index >= 15 is 0 Å². The standard InChI is InChI=1S/C17H26N2O.ClH/c1-12(2)9-14-5-4-8-19(11-14)17(20)16-10-15(18)7-6-13(16)3;/h6-7,10,12,14H,4-5,8-9,11,18H2,1-3H3;1H. The maximum Gasteiger partial charge on any atom is 0.254 e. The zero-order valence-electron chi connectivity index (χ0n) is 13.3. The number of halogens is 1. The fourth-order valence-corrected chi connectivity index (χ4v) is 3.15. The minimum absolute atomic E-state index is 0. The summed E-state index contributed by atoms with van der Waals surface area (Å²) in [7, 11) is 0. The SMILES string of the molecule is Cc1ccc(N)cc1C(=O)N1CCCC(CC(C)C)C1.Cl. The summed E-state index contributed by atoms with van der Waals surface area (Å²) < 4.78 is 0. The van der Waals surface area contributed by atoms with Crippen molar-refractivity contribution < 1.29 is 4.79 Å². The number of amides is 1. The number of nitrogens with zero attached hydrogens (tertiary/aromatic N) is 1. The summed E-state index contributed by atoms with van der Waals surface area (Å²) in [5.41, 5.74) is 8.25. The number of rotatable bonds is 3. The molecule has 1 aromatic rings. The number of hydrogen-bond acceptors (Lipinski definition) is 2. The van der Waals surface area contributed by atoms with Gasteiger partial charge in [0.1, 0.15) is 0 Å². The Balaban J connectivity index is 0.00000220. The molecule has 21 heavy (non-hydrogen) atoms. The molecular formula is C17H27ClN2O. The lowest BCUT2D eigenvalue weighted by atomic mass is 9.89. The second-order valence-electron chi connectivity index (χ2n) is 6.46. The first kappa shape index (κ1) is 17.8. The Morgan fingerprint density at radius 3 is 2.81 bits per heavy atom. The van der Waals surface area contributed by atoms with Crippen LogP contribution in [-0.2, 0) is 0 Å². The van der Waals surface area contributed by atoms with Gasteiger partial charge in [-0.1, -0.05) is 19.9 Å². The van der Waals surface area contributed by atoms with E-state index in [1.54, 1.807) is 0 Å². The van der Waals surface area contributed by atoms with Crippen molar-refractivity contribution in [3.8, 4) is 0 Å². The average Bonchev–Trinajstić information content (AvgIpc) is 2.40. The first-order valence-corrected chi connectivity index (χ1v) is 7.62. The Labute approximate surface area is 134 Å². The highest BCUT2D eigenvalue weighted by Crippen LogP contribution is 2.25. The van der Waals surface area contributed by atoms with Crippen LogP contribution >= 0.6 is 12.4 Å². The van der Waals surface area contributed by atoms with Crippen LogP contribution in [0.2, 0.25) is 0 Å². The van der Waals surface area contributed by atoms with E-state index in [1.165, 1.54) is 12.8 Å². The van der Waals surface area contributed by atoms with E-state index < -0.39 is 0 Å². The van der Waals surface area contributed by atoms with Crippen LogP contribution in [0, 0.1) is 18.8 Å². The number of nitrogens with two attached hydrogens (primary N) is 1. The third-order valence-corrected chi connectivity index (χ3v) is 4.10. The van der Waals surface area contributed by atoms with Gasteiger partial charge in [0, 0.05) is 24.3 Å². The Bertz CT molecular complexity index is 488. The van der Waals surface area contributed by atoms with Crippen molar-refractivity contribution in [1.82, 2.24) is 4.90 Å². The molecule has 4 heteroatoms. The monoisotopic (exact) mass is 310 g/mol. The lowest BCUT2D eigenvalue weighted by molar-refractivity contribution is 0.0659. The number of nitrogen functional groups attached to an aromatic ring is 1. The summed E-state index contributed by atoms with van der Waals surface area (Å²) in [6.07, 6.45) is 3.57. The molecule has 118 valence electrons. The summed E-state index contributed by atoms with van der Waals surface area (Å²) in [4.78, 5) is 14.7. The van der Waals surface area contributed by atoms with Gasteiger partial charge in [-0.15, -0.1) is 12.4 Å². The number of carbonyl (C=O) groups excluding carboxylic acids is 1. The van der Waals surface area contributed by atoms with E-state index in [0.29, 0.717) is 17.5 Å². The summed E-state index contributed by atoms with van der Waals surface area (Å²) in [5, 5.41) is 0. The third kappa shape index (κ3) is 4.63. The second-order valence-corrected chi connectivity index (χ2v) is 6.46. The minimum Gasteiger partial charge on any atom is -0.399 e. The highest BCUT2D eigenvalue weighted by atomic mass is 35.5. The summed E-state index contributed by atoms with van der Waals surface area (Å²) in [6, 6.07) is 5.59. The molecule has 1 heterocycles. The van der Waals surface area contributed by atoms with Gasteiger partial charge in [0.05, 0.1) is 0 Å². The normalized spacial score (nSPS) is 18.5. The fourth-order valence-electron chi connectivity index (χ4n) is 3.15. The summed E-state index contributed by atoms with van der Waals surface area (Å²) >= 11 is 0. The maximum atomic E-state index is 12.7. The van der Waals surface area contributed by atoms with Crippen molar-refractivity contribution >= 4 is 24.0 Å². The largest absolute Gasteiger partial charge is 0.399 e. The smallest absolute Gasteiger partial charge is 0.254 e. The van der Waals surface area contributed by atoms with Crippen LogP contribution in [0.1, 0.15) is 49.0 Å². The number of piperidine rings is 1. The van der Waals surface area contributed by atoms with Crippen LogP contribution in [0.3, 0.4) is 0 Å². The Morgan fingerprint density at radius 1 is 1.43 bits per heavy atom. The second kappa shape index (κ2) is 7.69. The van der Waals surface area contributed by atoms with Crippen LogP contribution in [0.15, 0.2) is 18.2 Å². The van der Waals surface area contributed by atoms with Gasteiger partial charge < -0.3 is 10.6 Å². The molecule has 1 aromatic carbocycles. The average molecular weight is 311 g/mol. The molecule has 0 aromatic heterocycles. The molecular weight excluding hydrogens is 284 g/mol. The van der Waals surface area contributed by atoms with Gasteiger partial charge in [0.15, 0.2) is 0 Å². The van der Waals surface area contributed by atoms with Crippen molar-refractivity contribution in [3.63, 3.8) is 0 Å². The van der Waals surface area contributed by atoms with Gasteiger partial charge in [-0.05, 0) is 55.7 Å². The maximum absolute atomic E-state index is 12.7. The van der Waals surface area contributed by atoms with E-state index in [0.717, 1.165) is 30.6 Å². The molecule has 1 aliphatic heterocycles. The van der Waals surface area contributed by atoms with Crippen molar-refractivity contribution in [2.45, 2.75) is 40.0 Å². The topological polar surface area (TPSA) is 46.3 Å². The molecule has 1 unspecified atom stereocenters. The Morgan fingerprint density at radius 2 is 2.14 bits per heavy atom. The van der Waals surface area contributed by atoms with E-state index in [-0.39, 0.29) is 18.3 Å². The van der Waals surface area contributed by atoms with Gasteiger partial charge in [-0.25, -0.2) is 0 Å². The van der Waals surface area contributed by atoms with Gasteiger partial charge in [-0.3, -0.25) is 4.79 Å². The van der Waals surface area contributed by atoms with Crippen LogP contribution in [0.25, 0.3) is 0 Å². The zero-order chi connectivity index (χ0) is 14.7. The molecule has 2 rings (SSSR count). The molecule has 1 aliphatic rings. The number of hydrogen-bond donors (Lipinski definition) is 1. The predicted octanol–water partition coefficient (Wildman–Crippen LogP) is 3.90. The van der Waals surface area contributed by atoms with Gasteiger partial charge >= 0.3 is 0 Å². The number of benzene rings is 1. The third-order valence-electron chi connectivity index (χ3n) is 4.10. The van der Waals surface area contributed by atoms with E-state index in [9.17, 15) is 4.79 Å². The van der Waals surface area contributed by atoms with Gasteiger partial charge in [-0.2, -0.15) is 0 Å². The molecule has 1 amide bonds.